The second-order valence-corrected chi connectivity index (χ2v) is 6.20. The zero-order valence-corrected chi connectivity index (χ0v) is 13.3. The molecule has 0 saturated heterocycles. The fraction of sp³-hybridized carbons (Fsp3) is 0.462. The summed E-state index contributed by atoms with van der Waals surface area (Å²) < 4.78 is 1.67. The van der Waals surface area contributed by atoms with Crippen LogP contribution in [-0.2, 0) is 13.0 Å². The van der Waals surface area contributed by atoms with Crippen molar-refractivity contribution in [3.8, 4) is 0 Å². The first kappa shape index (κ1) is 15.2. The van der Waals surface area contributed by atoms with Crippen LogP contribution in [0.4, 0.5) is 0 Å². The van der Waals surface area contributed by atoms with Crippen LogP contribution in [0.3, 0.4) is 0 Å². The summed E-state index contributed by atoms with van der Waals surface area (Å²) in [6.45, 7) is 3.35. The van der Waals surface area contributed by atoms with Gasteiger partial charge in [-0.1, -0.05) is 11.6 Å². The predicted octanol–water partition coefficient (Wildman–Crippen LogP) is 2.29. The van der Waals surface area contributed by atoms with Crippen LogP contribution in [0.2, 0.25) is 5.02 Å². The van der Waals surface area contributed by atoms with Gasteiger partial charge in [-0.15, -0.1) is 11.3 Å². The first-order valence-electron chi connectivity index (χ1n) is 6.27. The lowest BCUT2D eigenvalue weighted by molar-refractivity contribution is 0.0982. The van der Waals surface area contributed by atoms with Crippen LogP contribution in [0.5, 0.6) is 0 Å². The van der Waals surface area contributed by atoms with E-state index in [0.29, 0.717) is 17.3 Å². The summed E-state index contributed by atoms with van der Waals surface area (Å²) in [6.07, 6.45) is 1.80. The van der Waals surface area contributed by atoms with Gasteiger partial charge in [-0.3, -0.25) is 9.48 Å². The Morgan fingerprint density at radius 3 is 2.85 bits per heavy atom. The number of halogens is 1. The normalized spacial score (nSPS) is 11.2. The second kappa shape index (κ2) is 6.47. The van der Waals surface area contributed by atoms with Crippen molar-refractivity contribution in [3.63, 3.8) is 0 Å². The van der Waals surface area contributed by atoms with Crippen LogP contribution < -0.4 is 0 Å². The summed E-state index contributed by atoms with van der Waals surface area (Å²) in [6, 6.07) is 0. The fourth-order valence-electron chi connectivity index (χ4n) is 1.81. The second-order valence-electron chi connectivity index (χ2n) is 4.85. The molecule has 20 heavy (non-hydrogen) atoms. The van der Waals surface area contributed by atoms with Crippen molar-refractivity contribution in [1.29, 1.82) is 0 Å². The number of aromatic nitrogens is 3. The number of ketones is 1. The molecule has 108 valence electrons. The van der Waals surface area contributed by atoms with E-state index in [9.17, 15) is 4.79 Å². The van der Waals surface area contributed by atoms with Crippen molar-refractivity contribution in [1.82, 2.24) is 19.7 Å². The van der Waals surface area contributed by atoms with E-state index >= 15 is 0 Å². The van der Waals surface area contributed by atoms with Crippen molar-refractivity contribution in [2.75, 3.05) is 20.6 Å². The number of carbonyl (C=O) groups is 1. The molecule has 0 bridgehead atoms. The summed E-state index contributed by atoms with van der Waals surface area (Å²) in [5.74, 6) is -0.0411. The number of aryl methyl sites for hydroxylation is 1. The Hall–Kier alpha value is -1.24. The standard InChI is InChI=1S/C13H17ClN4OS/c1-9-8-20-12(16-9)6-11(19)13-10(14)7-15-18(13)5-4-17(2)3/h7-8H,4-6H2,1-3H3. The van der Waals surface area contributed by atoms with E-state index in [1.165, 1.54) is 17.5 Å². The number of thiazole rings is 1. The van der Waals surface area contributed by atoms with Crippen LogP contribution in [0.25, 0.3) is 0 Å². The van der Waals surface area contributed by atoms with Crippen molar-refractivity contribution >= 4 is 28.7 Å². The minimum Gasteiger partial charge on any atom is -0.308 e. The van der Waals surface area contributed by atoms with Crippen molar-refractivity contribution in [2.24, 2.45) is 0 Å². The number of hydrogen-bond donors (Lipinski definition) is 0. The number of nitrogens with zero attached hydrogens (tertiary/aromatic N) is 4. The number of carbonyl (C=O) groups excluding carboxylic acids is 1. The molecule has 0 amide bonds. The van der Waals surface area contributed by atoms with E-state index in [2.05, 4.69) is 10.1 Å². The van der Waals surface area contributed by atoms with E-state index in [1.54, 1.807) is 4.68 Å². The van der Waals surface area contributed by atoms with Crippen LogP contribution in [0.15, 0.2) is 11.6 Å². The number of likely N-dealkylation sites (N-methyl/N-ethyl adjacent to an activating group) is 1. The van der Waals surface area contributed by atoms with Gasteiger partial charge in [0.1, 0.15) is 10.7 Å². The van der Waals surface area contributed by atoms with E-state index in [0.717, 1.165) is 17.2 Å². The third-order valence-corrected chi connectivity index (χ3v) is 4.04. The largest absolute Gasteiger partial charge is 0.308 e. The summed E-state index contributed by atoms with van der Waals surface area (Å²) in [5.41, 5.74) is 1.41. The molecule has 0 saturated carbocycles. The van der Waals surface area contributed by atoms with Gasteiger partial charge in [0.2, 0.25) is 0 Å². The summed E-state index contributed by atoms with van der Waals surface area (Å²) >= 11 is 7.58. The highest BCUT2D eigenvalue weighted by molar-refractivity contribution is 7.09. The van der Waals surface area contributed by atoms with Gasteiger partial charge in [0.05, 0.1) is 24.2 Å². The van der Waals surface area contributed by atoms with Gasteiger partial charge in [0.25, 0.3) is 0 Å². The Labute approximate surface area is 127 Å². The number of hydrogen-bond acceptors (Lipinski definition) is 5. The zero-order chi connectivity index (χ0) is 14.7. The summed E-state index contributed by atoms with van der Waals surface area (Å²) in [5, 5.41) is 7.33. The molecule has 2 rings (SSSR count). The molecule has 0 aliphatic heterocycles. The molecule has 2 aromatic heterocycles. The molecule has 0 N–H and O–H groups in total. The highest BCUT2D eigenvalue weighted by Crippen LogP contribution is 2.19. The minimum atomic E-state index is -0.0411. The Morgan fingerprint density at radius 2 is 2.25 bits per heavy atom. The summed E-state index contributed by atoms with van der Waals surface area (Å²) in [7, 11) is 3.95. The van der Waals surface area contributed by atoms with Gasteiger partial charge < -0.3 is 4.90 Å². The lowest BCUT2D eigenvalue weighted by Gasteiger charge is -2.11. The van der Waals surface area contributed by atoms with Gasteiger partial charge in [0, 0.05) is 17.6 Å². The highest BCUT2D eigenvalue weighted by Gasteiger charge is 2.19. The molecule has 0 aromatic carbocycles. The maximum Gasteiger partial charge on any atom is 0.189 e. The number of rotatable bonds is 6. The zero-order valence-electron chi connectivity index (χ0n) is 11.8. The third-order valence-electron chi connectivity index (χ3n) is 2.80. The molecule has 0 radical (unpaired) electrons. The SMILES string of the molecule is Cc1csc(CC(=O)c2c(Cl)cnn2CCN(C)C)n1. The van der Waals surface area contributed by atoms with Crippen LogP contribution in [-0.4, -0.2) is 46.1 Å². The number of Topliss-reactive ketones (excluding diaryl/α,β-unsaturated/α-hetero) is 1. The average Bonchev–Trinajstić information content (AvgIpc) is 2.93. The molecular weight excluding hydrogens is 296 g/mol. The molecule has 0 atom stereocenters. The first-order valence-corrected chi connectivity index (χ1v) is 7.53. The summed E-state index contributed by atoms with van der Waals surface area (Å²) in [4.78, 5) is 18.7. The molecule has 0 spiro atoms. The van der Waals surface area contributed by atoms with Crippen molar-refractivity contribution in [2.45, 2.75) is 19.9 Å². The molecular formula is C13H17ClN4OS. The topological polar surface area (TPSA) is 51.0 Å². The van der Waals surface area contributed by atoms with Crippen LogP contribution >= 0.6 is 22.9 Å². The van der Waals surface area contributed by atoms with E-state index in [-0.39, 0.29) is 12.2 Å². The van der Waals surface area contributed by atoms with Crippen molar-refractivity contribution < 1.29 is 4.79 Å². The van der Waals surface area contributed by atoms with Gasteiger partial charge in [-0.25, -0.2) is 4.98 Å². The van der Waals surface area contributed by atoms with Gasteiger partial charge >= 0.3 is 0 Å². The maximum absolute atomic E-state index is 12.4. The van der Waals surface area contributed by atoms with Crippen LogP contribution in [0, 0.1) is 6.92 Å². The lowest BCUT2D eigenvalue weighted by Crippen LogP contribution is -2.22. The Kier molecular flexibility index (Phi) is 4.91. The monoisotopic (exact) mass is 312 g/mol. The van der Waals surface area contributed by atoms with Crippen LogP contribution in [0.1, 0.15) is 21.2 Å². The van der Waals surface area contributed by atoms with Crippen molar-refractivity contribution in [3.05, 3.63) is 33.0 Å². The molecule has 2 aromatic rings. The molecule has 0 fully saturated rings. The molecule has 0 aliphatic rings. The Balaban J connectivity index is 2.14. The van der Waals surface area contributed by atoms with E-state index in [1.807, 2.05) is 31.3 Å². The highest BCUT2D eigenvalue weighted by atomic mass is 35.5. The van der Waals surface area contributed by atoms with E-state index in [4.69, 9.17) is 11.6 Å². The van der Waals surface area contributed by atoms with Gasteiger partial charge in [0.15, 0.2) is 5.78 Å². The molecule has 7 heteroatoms. The molecule has 2 heterocycles. The molecule has 5 nitrogen and oxygen atoms in total. The quantitative estimate of drug-likeness (QED) is 0.768. The van der Waals surface area contributed by atoms with E-state index < -0.39 is 0 Å². The van der Waals surface area contributed by atoms with Gasteiger partial charge in [-0.2, -0.15) is 5.10 Å². The smallest absolute Gasteiger partial charge is 0.189 e. The third kappa shape index (κ3) is 3.65. The fourth-order valence-corrected chi connectivity index (χ4v) is 2.83. The predicted molar refractivity (Wildman–Crippen MR) is 80.7 cm³/mol. The minimum absolute atomic E-state index is 0.0411. The molecule has 0 unspecified atom stereocenters. The Bertz CT molecular complexity index is 605. The first-order chi connectivity index (χ1) is 9.47. The van der Waals surface area contributed by atoms with Gasteiger partial charge in [-0.05, 0) is 21.0 Å². The average molecular weight is 313 g/mol. The lowest BCUT2D eigenvalue weighted by atomic mass is 10.2. The maximum atomic E-state index is 12.4. The Morgan fingerprint density at radius 1 is 1.50 bits per heavy atom. The molecule has 0 aliphatic carbocycles.